The molecule has 0 unspecified atom stereocenters. The van der Waals surface area contributed by atoms with Gasteiger partial charge in [0.2, 0.25) is 0 Å². The molecule has 1 N–H and O–H groups in total. The number of aromatic nitrogens is 4. The monoisotopic (exact) mass is 716 g/mol. The number of nitrogens with one attached hydrogen (secondary N) is 1. The van der Waals surface area contributed by atoms with Crippen LogP contribution in [-0.4, -0.2) is 68.0 Å². The van der Waals surface area contributed by atoms with E-state index >= 15 is 4.39 Å². The van der Waals surface area contributed by atoms with Gasteiger partial charge in [-0.15, -0.1) is 6.42 Å². The summed E-state index contributed by atoms with van der Waals surface area (Å²) in [6.45, 7) is 12.9. The van der Waals surface area contributed by atoms with Gasteiger partial charge in [0.1, 0.15) is 29.4 Å². The number of nitrogens with zero attached hydrogens (tertiary/aromatic N) is 5. The van der Waals surface area contributed by atoms with Crippen LogP contribution in [-0.2, 0) is 11.3 Å². The second-order valence-electron chi connectivity index (χ2n) is 15.7. The molecule has 0 spiro atoms. The highest BCUT2D eigenvalue weighted by molar-refractivity contribution is 6.06. The minimum atomic E-state index is -0.581. The number of aromatic amines is 1. The van der Waals surface area contributed by atoms with Gasteiger partial charge < -0.3 is 24.0 Å². The lowest BCUT2D eigenvalue weighted by Crippen LogP contribution is -2.50. The number of anilines is 1. The number of terminal acetylenes is 1. The Hall–Kier alpha value is -5.37. The maximum atomic E-state index is 15.8. The fourth-order valence-electron chi connectivity index (χ4n) is 7.68. The predicted octanol–water partition coefficient (Wildman–Crippen LogP) is 8.43. The van der Waals surface area contributed by atoms with Crippen molar-refractivity contribution in [2.45, 2.75) is 104 Å². The van der Waals surface area contributed by atoms with Crippen LogP contribution in [0.25, 0.3) is 32.9 Å². The number of hydrogen-bond acceptors (Lipinski definition) is 8. The summed E-state index contributed by atoms with van der Waals surface area (Å²) in [5, 5.41) is 8.92. The molecule has 274 valence electrons. The van der Waals surface area contributed by atoms with Crippen molar-refractivity contribution in [3.05, 3.63) is 70.7 Å². The lowest BCUT2D eigenvalue weighted by atomic mass is 9.88. The van der Waals surface area contributed by atoms with Crippen molar-refractivity contribution in [3.63, 3.8) is 0 Å². The van der Waals surface area contributed by atoms with Gasteiger partial charge in [-0.1, -0.05) is 25.0 Å². The first kappa shape index (κ1) is 34.7. The van der Waals surface area contributed by atoms with Gasteiger partial charge in [0.25, 0.3) is 0 Å². The summed E-state index contributed by atoms with van der Waals surface area (Å²) >= 11 is 0. The fraction of sp³-hybridized carbons (Fsp3) is 0.429. The van der Waals surface area contributed by atoms with Gasteiger partial charge in [0, 0.05) is 40.6 Å². The molecular formula is C42H45FN6O4. The van der Waals surface area contributed by atoms with Crippen LogP contribution in [0.4, 0.5) is 15.0 Å². The summed E-state index contributed by atoms with van der Waals surface area (Å²) < 4.78 is 34.8. The van der Waals surface area contributed by atoms with Crippen molar-refractivity contribution in [2.24, 2.45) is 0 Å². The maximum absolute atomic E-state index is 15.8. The molecule has 2 bridgehead atoms. The van der Waals surface area contributed by atoms with E-state index in [1.54, 1.807) is 13.1 Å². The Bertz CT molecular complexity index is 2270. The molecule has 3 fully saturated rings. The maximum Gasteiger partial charge on any atom is 0.410 e. The lowest BCUT2D eigenvalue weighted by molar-refractivity contribution is 0.0214. The van der Waals surface area contributed by atoms with E-state index in [4.69, 9.17) is 30.6 Å². The van der Waals surface area contributed by atoms with Crippen molar-refractivity contribution in [1.29, 1.82) is 0 Å². The molecule has 5 aromatic rings. The zero-order chi connectivity index (χ0) is 37.2. The molecule has 10 nitrogen and oxygen atoms in total. The second-order valence-corrected chi connectivity index (χ2v) is 15.7. The highest BCUT2D eigenvalue weighted by Crippen LogP contribution is 2.53. The topological polar surface area (TPSA) is 106 Å². The number of piperazine rings is 1. The smallest absolute Gasteiger partial charge is 0.410 e. The molecule has 53 heavy (non-hydrogen) atoms. The summed E-state index contributed by atoms with van der Waals surface area (Å²) in [7, 11) is 0. The number of carbonyl (C=O) groups is 1. The molecule has 4 heterocycles. The zero-order valence-corrected chi connectivity index (χ0v) is 31.1. The highest BCUT2D eigenvalue weighted by atomic mass is 19.1. The third-order valence-corrected chi connectivity index (χ3v) is 10.7. The number of rotatable bonds is 9. The van der Waals surface area contributed by atoms with Crippen LogP contribution >= 0.6 is 0 Å². The van der Waals surface area contributed by atoms with E-state index < -0.39 is 5.60 Å². The standard InChI is InChI=1S/C42H45FN6O4/c1-8-23(3)52-40-45-37-31(39(46-40)48-20-29-16-28(48)21-49(29)41(50)53-42(5,6)7)17-30(27-14-15-27)36(35-24(4)33(43)18-34-32(35)19-44-47-34)38(37)51-22-26-12-10-25(9-2)11-13-26/h2,10-13,17-19,23,27-29H,8,14-16,20-22H2,1,3-7H3,(H,44,47)/t23-,28+,29+/m1/s1. The van der Waals surface area contributed by atoms with Crippen LogP contribution in [0.15, 0.2) is 42.6 Å². The Morgan fingerprint density at radius 2 is 1.87 bits per heavy atom. The number of benzene rings is 3. The minimum absolute atomic E-state index is 0.0213. The molecule has 3 aromatic carbocycles. The lowest BCUT2D eigenvalue weighted by Gasteiger charge is -2.36. The van der Waals surface area contributed by atoms with Crippen molar-refractivity contribution in [2.75, 3.05) is 18.0 Å². The Kier molecular flexibility index (Phi) is 8.67. The third-order valence-electron chi connectivity index (χ3n) is 10.7. The van der Waals surface area contributed by atoms with Crippen molar-refractivity contribution in [3.8, 4) is 35.2 Å². The number of hydrogen-bond donors (Lipinski definition) is 1. The molecule has 3 aliphatic rings. The van der Waals surface area contributed by atoms with E-state index in [1.165, 1.54) is 6.07 Å². The van der Waals surface area contributed by atoms with E-state index in [1.807, 2.05) is 56.9 Å². The predicted molar refractivity (Wildman–Crippen MR) is 203 cm³/mol. The van der Waals surface area contributed by atoms with Gasteiger partial charge in [-0.2, -0.15) is 15.1 Å². The highest BCUT2D eigenvalue weighted by Gasteiger charge is 2.48. The van der Waals surface area contributed by atoms with Gasteiger partial charge >= 0.3 is 12.1 Å². The Morgan fingerprint density at radius 1 is 1.09 bits per heavy atom. The number of ether oxygens (including phenoxy) is 3. The number of carbonyl (C=O) groups excluding carboxylic acids is 1. The molecule has 0 radical (unpaired) electrons. The van der Waals surface area contributed by atoms with Crippen LogP contribution in [0.1, 0.15) is 88.5 Å². The largest absolute Gasteiger partial charge is 0.486 e. The van der Waals surface area contributed by atoms with Gasteiger partial charge in [0.15, 0.2) is 5.75 Å². The third kappa shape index (κ3) is 6.49. The molecule has 8 rings (SSSR count). The molecule has 1 amide bonds. The van der Waals surface area contributed by atoms with Crippen LogP contribution in [0.3, 0.4) is 0 Å². The number of likely N-dealkylation sites (tertiary alicyclic amines) is 1. The summed E-state index contributed by atoms with van der Waals surface area (Å²) in [5.41, 5.74) is 5.42. The van der Waals surface area contributed by atoms with Gasteiger partial charge in [-0.05, 0) is 107 Å². The molecular weight excluding hydrogens is 671 g/mol. The number of halogens is 1. The summed E-state index contributed by atoms with van der Waals surface area (Å²) in [4.78, 5) is 27.5. The molecule has 1 aliphatic carbocycles. The van der Waals surface area contributed by atoms with E-state index in [-0.39, 0.29) is 48.6 Å². The SMILES string of the molecule is C#Cc1ccc(COc2c(-c3c(C)c(F)cc4[nH]ncc34)c(C3CC3)cc3c(N4C[C@@H]5C[C@H]4CN5C(=O)OC(C)(C)C)nc(O[C@H](C)CC)nc23)cc1. The van der Waals surface area contributed by atoms with E-state index in [0.29, 0.717) is 35.4 Å². The Balaban J connectivity index is 1.33. The van der Waals surface area contributed by atoms with Gasteiger partial charge in [-0.3, -0.25) is 5.10 Å². The quantitative estimate of drug-likeness (QED) is 0.152. The van der Waals surface area contributed by atoms with Crippen LogP contribution in [0.2, 0.25) is 0 Å². The van der Waals surface area contributed by atoms with Crippen LogP contribution in [0, 0.1) is 25.1 Å². The first-order valence-corrected chi connectivity index (χ1v) is 18.5. The molecule has 1 saturated carbocycles. The van der Waals surface area contributed by atoms with E-state index in [2.05, 4.69) is 34.0 Å². The molecule has 3 atom stereocenters. The fourth-order valence-corrected chi connectivity index (χ4v) is 7.68. The zero-order valence-electron chi connectivity index (χ0n) is 31.1. The minimum Gasteiger partial charge on any atom is -0.486 e. The first-order chi connectivity index (χ1) is 25.4. The van der Waals surface area contributed by atoms with Crippen molar-refractivity contribution < 1.29 is 23.4 Å². The summed E-state index contributed by atoms with van der Waals surface area (Å²) in [6, 6.07) is 11.6. The normalized spacial score (nSPS) is 18.8. The van der Waals surface area contributed by atoms with E-state index in [0.717, 1.165) is 70.1 Å². The summed E-state index contributed by atoms with van der Waals surface area (Å²) in [6.07, 6.45) is 10.5. The van der Waals surface area contributed by atoms with Crippen LogP contribution in [0.5, 0.6) is 11.8 Å². The molecule has 2 saturated heterocycles. The summed E-state index contributed by atoms with van der Waals surface area (Å²) in [5.74, 6) is 3.87. The van der Waals surface area contributed by atoms with E-state index in [9.17, 15) is 4.79 Å². The Morgan fingerprint density at radius 3 is 2.53 bits per heavy atom. The first-order valence-electron chi connectivity index (χ1n) is 18.5. The van der Waals surface area contributed by atoms with Crippen molar-refractivity contribution >= 4 is 33.7 Å². The average molecular weight is 717 g/mol. The molecule has 2 aromatic heterocycles. The molecule has 11 heteroatoms. The van der Waals surface area contributed by atoms with Gasteiger partial charge in [0.05, 0.1) is 29.9 Å². The van der Waals surface area contributed by atoms with Crippen LogP contribution < -0.4 is 14.4 Å². The second kappa shape index (κ2) is 13.2. The number of H-pyrrole nitrogens is 1. The van der Waals surface area contributed by atoms with Crippen molar-refractivity contribution in [1.82, 2.24) is 25.1 Å². The number of fused-ring (bicyclic) bond motifs is 4. The Labute approximate surface area is 309 Å². The average Bonchev–Trinajstić information content (AvgIpc) is 3.52. The number of amides is 1. The van der Waals surface area contributed by atoms with Gasteiger partial charge in [-0.25, -0.2) is 9.18 Å². The molecule has 2 aliphatic heterocycles.